The minimum Gasteiger partial charge on any atom is -0.449 e. The number of morpholine rings is 2. The van der Waals surface area contributed by atoms with E-state index in [1.807, 2.05) is 19.1 Å². The molecular weight excluding hydrogens is 490 g/mol. The zero-order valence-electron chi connectivity index (χ0n) is 21.3. The first-order valence-electron chi connectivity index (χ1n) is 12.5. The van der Waals surface area contributed by atoms with Gasteiger partial charge in [-0.05, 0) is 54.8 Å². The van der Waals surface area contributed by atoms with Crippen LogP contribution in [-0.2, 0) is 39.8 Å². The summed E-state index contributed by atoms with van der Waals surface area (Å²) >= 11 is 0. The molecule has 2 aromatic rings. The Morgan fingerprint density at radius 3 is 2.58 bits per heavy atom. The average molecular weight is 520 g/mol. The van der Waals surface area contributed by atoms with Crippen LogP contribution in [0.5, 0.6) is 0 Å². The molecule has 0 aromatic heterocycles. The Morgan fingerprint density at radius 2 is 1.82 bits per heavy atom. The fourth-order valence-electron chi connectivity index (χ4n) is 4.93. The van der Waals surface area contributed by atoms with Crippen LogP contribution in [0.2, 0.25) is 0 Å². The van der Waals surface area contributed by atoms with Gasteiger partial charge in [-0.25, -0.2) is 0 Å². The summed E-state index contributed by atoms with van der Waals surface area (Å²) in [4.78, 5) is 54.2. The van der Waals surface area contributed by atoms with Gasteiger partial charge in [-0.2, -0.15) is 0 Å². The van der Waals surface area contributed by atoms with Gasteiger partial charge in [0.05, 0.1) is 13.2 Å². The zero-order chi connectivity index (χ0) is 26.8. The third kappa shape index (κ3) is 5.32. The number of nitrogens with one attached hydrogen (secondary N) is 1. The van der Waals surface area contributed by atoms with Gasteiger partial charge in [-0.15, -0.1) is 0 Å². The van der Waals surface area contributed by atoms with Gasteiger partial charge in [0.25, 0.3) is 17.7 Å². The fourth-order valence-corrected chi connectivity index (χ4v) is 4.93. The minimum absolute atomic E-state index is 0.00206. The Balaban J connectivity index is 1.36. The second-order valence-electron chi connectivity index (χ2n) is 9.50. The summed E-state index contributed by atoms with van der Waals surface area (Å²) in [5.74, 6) is -2.05. The maximum atomic E-state index is 13.6. The van der Waals surface area contributed by atoms with E-state index in [2.05, 4.69) is 11.4 Å². The summed E-state index contributed by atoms with van der Waals surface area (Å²) in [5, 5.41) is 2.77. The minimum atomic E-state index is -1.49. The molecule has 0 spiro atoms. The highest BCUT2D eigenvalue weighted by Crippen LogP contribution is 2.29. The number of anilines is 3. The van der Waals surface area contributed by atoms with Crippen molar-refractivity contribution in [2.45, 2.75) is 32.5 Å². The molecule has 1 N–H and O–H groups in total. The molecule has 2 aromatic carbocycles. The fraction of sp³-hybridized carbons (Fsp3) is 0.357. The predicted octanol–water partition coefficient (Wildman–Crippen LogP) is 2.31. The largest absolute Gasteiger partial charge is 0.449 e. The van der Waals surface area contributed by atoms with Crippen LogP contribution in [0.3, 0.4) is 0 Å². The molecule has 3 amide bonds. The number of allylic oxidation sites excluding steroid dienone is 1. The Morgan fingerprint density at radius 1 is 1.05 bits per heavy atom. The van der Waals surface area contributed by atoms with Crippen molar-refractivity contribution < 1.29 is 33.4 Å². The Labute approximate surface area is 220 Å². The monoisotopic (exact) mass is 519 g/mol. The van der Waals surface area contributed by atoms with Crippen molar-refractivity contribution in [2.24, 2.45) is 0 Å². The maximum Gasteiger partial charge on any atom is 0.303 e. The summed E-state index contributed by atoms with van der Waals surface area (Å²) in [7, 11) is 0. The van der Waals surface area contributed by atoms with Crippen LogP contribution in [0.1, 0.15) is 25.0 Å². The highest BCUT2D eigenvalue weighted by atomic mass is 16.6. The van der Waals surface area contributed by atoms with Crippen molar-refractivity contribution in [1.29, 1.82) is 0 Å². The lowest BCUT2D eigenvalue weighted by molar-refractivity contribution is -0.167. The third-order valence-corrected chi connectivity index (χ3v) is 6.67. The standard InChI is InChI=1S/C28H29N3O7/c1-17-12-19-6-7-21(14-20(19)13-17)29-27(34)25(38-18(2)32)26-28(35)31(9-11-37-26)23-5-3-4-22(15-23)30-8-10-36-16-24(30)33/h3-7,13-15,25-26H,8-12,16H2,1-2H3,(H,29,34)/t25-,26-/m1/s1. The highest BCUT2D eigenvalue weighted by Gasteiger charge is 2.42. The van der Waals surface area contributed by atoms with E-state index in [4.69, 9.17) is 14.2 Å². The van der Waals surface area contributed by atoms with Crippen LogP contribution in [0, 0.1) is 0 Å². The lowest BCUT2D eigenvalue weighted by atomic mass is 10.1. The summed E-state index contributed by atoms with van der Waals surface area (Å²) in [6.07, 6.45) is 0.0924. The molecule has 1 aliphatic carbocycles. The number of rotatable bonds is 6. The maximum absolute atomic E-state index is 13.6. The van der Waals surface area contributed by atoms with E-state index in [9.17, 15) is 19.2 Å². The van der Waals surface area contributed by atoms with Gasteiger partial charge < -0.3 is 29.3 Å². The highest BCUT2D eigenvalue weighted by molar-refractivity contribution is 6.05. The Hall–Kier alpha value is -4.02. The number of fused-ring (bicyclic) bond motifs is 1. The number of hydrogen-bond acceptors (Lipinski definition) is 7. The summed E-state index contributed by atoms with van der Waals surface area (Å²) in [5.41, 5.74) is 5.12. The molecule has 0 unspecified atom stereocenters. The number of carbonyl (C=O) groups excluding carboxylic acids is 4. The van der Waals surface area contributed by atoms with Crippen molar-refractivity contribution in [3.8, 4) is 0 Å². The van der Waals surface area contributed by atoms with Gasteiger partial charge in [-0.1, -0.05) is 23.8 Å². The lowest BCUT2D eigenvalue weighted by Crippen LogP contribution is -2.56. The first-order valence-corrected chi connectivity index (χ1v) is 12.5. The number of hydrogen-bond donors (Lipinski definition) is 1. The molecule has 0 radical (unpaired) electrons. The number of amides is 3. The molecule has 2 fully saturated rings. The molecule has 10 nitrogen and oxygen atoms in total. The summed E-state index contributed by atoms with van der Waals surface area (Å²) in [6, 6.07) is 12.6. The number of nitrogens with zero attached hydrogens (tertiary/aromatic N) is 2. The van der Waals surface area contributed by atoms with Crippen LogP contribution in [0.25, 0.3) is 6.08 Å². The van der Waals surface area contributed by atoms with Crippen molar-refractivity contribution in [1.82, 2.24) is 0 Å². The number of esters is 1. The molecule has 2 heterocycles. The van der Waals surface area contributed by atoms with E-state index in [-0.39, 0.29) is 25.7 Å². The van der Waals surface area contributed by atoms with Gasteiger partial charge in [0.2, 0.25) is 6.10 Å². The molecule has 2 aliphatic heterocycles. The van der Waals surface area contributed by atoms with E-state index in [0.29, 0.717) is 30.2 Å². The molecule has 3 aliphatic rings. The SMILES string of the molecule is CC(=O)O[C@@H](C(=O)Nc1ccc2c(c1)C=C(C)C2)[C@H]1OCCN(c2cccc(N3CCOCC3=O)c2)C1=O. The van der Waals surface area contributed by atoms with E-state index in [1.54, 1.807) is 35.2 Å². The van der Waals surface area contributed by atoms with Gasteiger partial charge >= 0.3 is 5.97 Å². The molecule has 198 valence electrons. The number of benzene rings is 2. The zero-order valence-corrected chi connectivity index (χ0v) is 21.3. The van der Waals surface area contributed by atoms with Crippen molar-refractivity contribution >= 4 is 46.8 Å². The van der Waals surface area contributed by atoms with Crippen molar-refractivity contribution in [3.63, 3.8) is 0 Å². The Bertz CT molecular complexity index is 1320. The summed E-state index contributed by atoms with van der Waals surface area (Å²) < 4.78 is 16.2. The van der Waals surface area contributed by atoms with E-state index < -0.39 is 30.0 Å². The molecule has 2 atom stereocenters. The normalized spacial score (nSPS) is 20.1. The first kappa shape index (κ1) is 25.6. The van der Waals surface area contributed by atoms with Crippen molar-refractivity contribution in [3.05, 3.63) is 59.2 Å². The van der Waals surface area contributed by atoms with Crippen LogP contribution in [0.15, 0.2) is 48.0 Å². The average Bonchev–Trinajstić information content (AvgIpc) is 3.27. The molecule has 2 saturated heterocycles. The van der Waals surface area contributed by atoms with E-state index in [1.165, 1.54) is 23.0 Å². The Kier molecular flexibility index (Phi) is 7.26. The van der Waals surface area contributed by atoms with Crippen LogP contribution in [0.4, 0.5) is 17.1 Å². The number of ether oxygens (including phenoxy) is 3. The third-order valence-electron chi connectivity index (χ3n) is 6.67. The lowest BCUT2D eigenvalue weighted by Gasteiger charge is -2.35. The molecular formula is C28H29N3O7. The second kappa shape index (κ2) is 10.8. The predicted molar refractivity (Wildman–Crippen MR) is 140 cm³/mol. The topological polar surface area (TPSA) is 114 Å². The van der Waals surface area contributed by atoms with Crippen LogP contribution >= 0.6 is 0 Å². The summed E-state index contributed by atoms with van der Waals surface area (Å²) in [6.45, 7) is 4.43. The van der Waals surface area contributed by atoms with Gasteiger partial charge in [-0.3, -0.25) is 19.2 Å². The van der Waals surface area contributed by atoms with Gasteiger partial charge in [0, 0.05) is 37.1 Å². The van der Waals surface area contributed by atoms with Crippen LogP contribution in [-0.4, -0.2) is 68.8 Å². The van der Waals surface area contributed by atoms with E-state index in [0.717, 1.165) is 12.0 Å². The smallest absolute Gasteiger partial charge is 0.303 e. The van der Waals surface area contributed by atoms with Crippen LogP contribution < -0.4 is 15.1 Å². The van der Waals surface area contributed by atoms with Crippen molar-refractivity contribution in [2.75, 3.05) is 48.0 Å². The number of carbonyl (C=O) groups is 4. The molecule has 5 rings (SSSR count). The first-order chi connectivity index (χ1) is 18.3. The quantitative estimate of drug-likeness (QED) is 0.583. The molecule has 10 heteroatoms. The molecule has 0 bridgehead atoms. The van der Waals surface area contributed by atoms with E-state index >= 15 is 0 Å². The van der Waals surface area contributed by atoms with Gasteiger partial charge in [0.15, 0.2) is 6.10 Å². The van der Waals surface area contributed by atoms with Gasteiger partial charge in [0.1, 0.15) is 6.61 Å². The molecule has 38 heavy (non-hydrogen) atoms. The molecule has 0 saturated carbocycles. The second-order valence-corrected chi connectivity index (χ2v) is 9.50.